The molecule has 136 valence electrons. The van der Waals surface area contributed by atoms with Gasteiger partial charge in [-0.1, -0.05) is 37.8 Å². The molecule has 0 aromatic rings. The Morgan fingerprint density at radius 2 is 1.67 bits per heavy atom. The Bertz CT molecular complexity index is 423. The fraction of sp³-hybridized carbons (Fsp3) is 0.789. The zero-order chi connectivity index (χ0) is 17.7. The van der Waals surface area contributed by atoms with Crippen molar-refractivity contribution in [3.05, 3.63) is 12.2 Å². The van der Waals surface area contributed by atoms with Crippen LogP contribution in [0.2, 0.25) is 0 Å². The Hall–Kier alpha value is -1.22. The Kier molecular flexibility index (Phi) is 10.6. The molecule has 0 aromatic carbocycles. The van der Waals surface area contributed by atoms with Gasteiger partial charge in [0, 0.05) is 6.42 Å². The molecule has 1 aliphatic heterocycles. The van der Waals surface area contributed by atoms with Gasteiger partial charge in [-0.15, -0.1) is 12.3 Å². The van der Waals surface area contributed by atoms with Crippen LogP contribution in [0.15, 0.2) is 22.4 Å². The second-order valence-corrected chi connectivity index (χ2v) is 6.67. The second-order valence-electron chi connectivity index (χ2n) is 6.67. The van der Waals surface area contributed by atoms with Crippen molar-refractivity contribution in [1.82, 2.24) is 0 Å². The minimum Gasteiger partial charge on any atom is -0.395 e. The number of nitrogens with zero attached hydrogens (tertiary/aromatic N) is 2. The molecule has 0 aliphatic carbocycles. The zero-order valence-corrected chi connectivity index (χ0v) is 14.7. The molecular formula is C19H33N3O2. The van der Waals surface area contributed by atoms with E-state index in [4.69, 9.17) is 17.3 Å². The fourth-order valence-corrected chi connectivity index (χ4v) is 2.73. The van der Waals surface area contributed by atoms with Crippen LogP contribution in [-0.4, -0.2) is 34.6 Å². The summed E-state index contributed by atoms with van der Waals surface area (Å²) in [4.78, 5) is 0. The first-order valence-electron chi connectivity index (χ1n) is 9.22. The highest BCUT2D eigenvalue weighted by molar-refractivity contribution is 4.95. The number of terminal acetylenes is 1. The molecule has 4 N–H and O–H groups in total. The van der Waals surface area contributed by atoms with Gasteiger partial charge in [0.1, 0.15) is 0 Å². The third kappa shape index (κ3) is 9.17. The highest BCUT2D eigenvalue weighted by Gasteiger charge is 2.38. The minimum atomic E-state index is -0.749. The predicted molar refractivity (Wildman–Crippen MR) is 97.4 cm³/mol. The average molecular weight is 335 g/mol. The summed E-state index contributed by atoms with van der Waals surface area (Å²) < 4.78 is 0. The van der Waals surface area contributed by atoms with Crippen molar-refractivity contribution in [1.29, 1.82) is 0 Å². The van der Waals surface area contributed by atoms with Gasteiger partial charge in [-0.3, -0.25) is 0 Å². The summed E-state index contributed by atoms with van der Waals surface area (Å²) in [6.07, 6.45) is 20.3. The Morgan fingerprint density at radius 1 is 1.04 bits per heavy atom. The van der Waals surface area contributed by atoms with Gasteiger partial charge in [0.2, 0.25) is 0 Å². The molecule has 1 aliphatic rings. The van der Waals surface area contributed by atoms with Crippen LogP contribution in [0.4, 0.5) is 0 Å². The van der Waals surface area contributed by atoms with Crippen molar-refractivity contribution >= 4 is 0 Å². The van der Waals surface area contributed by atoms with E-state index in [9.17, 15) is 5.11 Å². The Labute approximate surface area is 146 Å². The van der Waals surface area contributed by atoms with E-state index in [1.54, 1.807) is 6.08 Å². The van der Waals surface area contributed by atoms with Gasteiger partial charge < -0.3 is 15.9 Å². The molecule has 0 saturated carbocycles. The summed E-state index contributed by atoms with van der Waals surface area (Å²) in [6, 6.07) is -0.582. The number of nitrogens with two attached hydrogens (primary N) is 1. The Morgan fingerprint density at radius 3 is 2.29 bits per heavy atom. The number of hydrogen-bond acceptors (Lipinski definition) is 5. The van der Waals surface area contributed by atoms with Crippen LogP contribution in [0.3, 0.4) is 0 Å². The summed E-state index contributed by atoms with van der Waals surface area (Å²) in [7, 11) is 0. The molecule has 0 bridgehead atoms. The van der Waals surface area contributed by atoms with E-state index in [1.165, 1.54) is 32.1 Å². The lowest BCUT2D eigenvalue weighted by molar-refractivity contribution is 0.144. The van der Waals surface area contributed by atoms with E-state index >= 15 is 0 Å². The molecule has 5 heteroatoms. The van der Waals surface area contributed by atoms with Crippen molar-refractivity contribution in [3.63, 3.8) is 0 Å². The van der Waals surface area contributed by atoms with Crippen molar-refractivity contribution in [2.75, 3.05) is 6.61 Å². The van der Waals surface area contributed by atoms with Crippen LogP contribution >= 0.6 is 0 Å². The van der Waals surface area contributed by atoms with Crippen molar-refractivity contribution in [3.8, 4) is 12.3 Å². The third-order valence-corrected chi connectivity index (χ3v) is 4.46. The molecule has 0 radical (unpaired) electrons. The maximum atomic E-state index is 9.56. The monoisotopic (exact) mass is 335 g/mol. The van der Waals surface area contributed by atoms with E-state index in [-0.39, 0.29) is 12.3 Å². The van der Waals surface area contributed by atoms with Crippen LogP contribution < -0.4 is 5.73 Å². The molecule has 2 atom stereocenters. The maximum absolute atomic E-state index is 9.56. The maximum Gasteiger partial charge on any atom is 0.191 e. The highest BCUT2D eigenvalue weighted by Crippen LogP contribution is 2.38. The molecule has 2 unspecified atom stereocenters. The molecular weight excluding hydrogens is 302 g/mol. The largest absolute Gasteiger partial charge is 0.395 e. The first kappa shape index (κ1) is 20.8. The van der Waals surface area contributed by atoms with Gasteiger partial charge in [0.25, 0.3) is 0 Å². The molecule has 5 nitrogen and oxygen atoms in total. The van der Waals surface area contributed by atoms with Crippen LogP contribution in [0, 0.1) is 12.3 Å². The van der Waals surface area contributed by atoms with Gasteiger partial charge in [-0.25, -0.2) is 0 Å². The van der Waals surface area contributed by atoms with Gasteiger partial charge >= 0.3 is 0 Å². The first-order chi connectivity index (χ1) is 11.6. The summed E-state index contributed by atoms with van der Waals surface area (Å²) in [5, 5.41) is 26.8. The molecule has 0 amide bonds. The number of unbranched alkanes of at least 4 members (excludes halogenated alkanes) is 7. The normalized spacial score (nSPS) is 17.8. The molecule has 1 heterocycles. The Balaban J connectivity index is 1.89. The SMILES string of the molecule is C#CCCCC1(CCCCCCCC/C=C/C(O)C(N)CO)N=N1. The summed E-state index contributed by atoms with van der Waals surface area (Å²) in [5.41, 5.74) is 5.45. The van der Waals surface area contributed by atoms with Crippen LogP contribution in [0.25, 0.3) is 0 Å². The van der Waals surface area contributed by atoms with E-state index in [1.807, 2.05) is 6.08 Å². The molecule has 1 rings (SSSR count). The van der Waals surface area contributed by atoms with E-state index < -0.39 is 12.1 Å². The lowest BCUT2D eigenvalue weighted by Gasteiger charge is -2.11. The quantitative estimate of drug-likeness (QED) is 0.243. The summed E-state index contributed by atoms with van der Waals surface area (Å²) in [6.45, 7) is -0.197. The molecule has 24 heavy (non-hydrogen) atoms. The summed E-state index contributed by atoms with van der Waals surface area (Å²) in [5.74, 6) is 2.67. The van der Waals surface area contributed by atoms with Gasteiger partial charge in [-0.2, -0.15) is 10.2 Å². The standard InChI is InChI=1S/C19H33N3O2/c1-2-3-11-14-19(21-22-19)15-12-9-7-5-4-6-8-10-13-18(24)17(20)16-23/h1,10,13,17-18,23-24H,3-9,11-12,14-16,20H2/b13-10+. The van der Waals surface area contributed by atoms with Gasteiger partial charge in [0.05, 0.1) is 18.8 Å². The first-order valence-corrected chi connectivity index (χ1v) is 9.22. The number of hydrogen-bond donors (Lipinski definition) is 3. The third-order valence-electron chi connectivity index (χ3n) is 4.46. The lowest BCUT2D eigenvalue weighted by atomic mass is 9.98. The fourth-order valence-electron chi connectivity index (χ4n) is 2.73. The topological polar surface area (TPSA) is 91.2 Å². The molecule has 0 aromatic heterocycles. The molecule has 0 saturated heterocycles. The zero-order valence-electron chi connectivity index (χ0n) is 14.7. The highest BCUT2D eigenvalue weighted by atomic mass is 16.3. The predicted octanol–water partition coefficient (Wildman–Crippen LogP) is 3.31. The molecule has 0 spiro atoms. The number of rotatable bonds is 15. The number of aliphatic hydroxyl groups excluding tert-OH is 2. The van der Waals surface area contributed by atoms with E-state index in [0.717, 1.165) is 38.5 Å². The van der Waals surface area contributed by atoms with Gasteiger partial charge in [-0.05, 0) is 38.5 Å². The van der Waals surface area contributed by atoms with Crippen molar-refractivity contribution < 1.29 is 10.2 Å². The van der Waals surface area contributed by atoms with Crippen LogP contribution in [0.1, 0.15) is 70.6 Å². The van der Waals surface area contributed by atoms with Gasteiger partial charge in [0.15, 0.2) is 5.66 Å². The average Bonchev–Trinajstić information content (AvgIpc) is 3.35. The van der Waals surface area contributed by atoms with Crippen molar-refractivity contribution in [2.45, 2.75) is 88.4 Å². The van der Waals surface area contributed by atoms with Crippen LogP contribution in [0.5, 0.6) is 0 Å². The minimum absolute atomic E-state index is 0.0715. The lowest BCUT2D eigenvalue weighted by Crippen LogP contribution is -2.36. The smallest absolute Gasteiger partial charge is 0.191 e. The van der Waals surface area contributed by atoms with Crippen molar-refractivity contribution in [2.24, 2.45) is 16.0 Å². The van der Waals surface area contributed by atoms with E-state index in [0.29, 0.717) is 0 Å². The number of aliphatic hydroxyl groups is 2. The van der Waals surface area contributed by atoms with Crippen LogP contribution in [-0.2, 0) is 0 Å². The molecule has 0 fully saturated rings. The number of allylic oxidation sites excluding steroid dienone is 1. The van der Waals surface area contributed by atoms with E-state index in [2.05, 4.69) is 16.1 Å². The second kappa shape index (κ2) is 12.2. The summed E-state index contributed by atoms with van der Waals surface area (Å²) >= 11 is 0.